The van der Waals surface area contributed by atoms with Gasteiger partial charge in [0.05, 0.1) is 4.90 Å². The molecule has 1 saturated heterocycles. The van der Waals surface area contributed by atoms with Crippen molar-refractivity contribution in [2.24, 2.45) is 4.99 Å². The number of hydrogen-bond donors (Lipinski definition) is 2. The van der Waals surface area contributed by atoms with Crippen molar-refractivity contribution in [2.45, 2.75) is 24.2 Å². The van der Waals surface area contributed by atoms with Gasteiger partial charge in [-0.2, -0.15) is 4.31 Å². The van der Waals surface area contributed by atoms with Crippen LogP contribution in [0.25, 0.3) is 0 Å². The van der Waals surface area contributed by atoms with Gasteiger partial charge in [0.1, 0.15) is 0 Å². The molecule has 5 rings (SSSR count). The predicted octanol–water partition coefficient (Wildman–Crippen LogP) is 2.66. The highest BCUT2D eigenvalue weighted by Gasteiger charge is 2.27. The molecule has 1 aliphatic carbocycles. The largest absolute Gasteiger partial charge is 0.758 e. The summed E-state index contributed by atoms with van der Waals surface area (Å²) in [5, 5.41) is 20.7. The number of hydroxylamine groups is 2. The van der Waals surface area contributed by atoms with Crippen LogP contribution in [0, 0.1) is 5.21 Å². The molecule has 0 unspecified atom stereocenters. The number of nitrogens with one attached hydrogen (secondary N) is 2. The molecule has 3 heterocycles. The molecule has 0 radical (unpaired) electrons. The molecule has 4 aliphatic rings. The molecule has 1 aromatic carbocycles. The van der Waals surface area contributed by atoms with E-state index in [9.17, 15) is 18.4 Å². The highest BCUT2D eigenvalue weighted by Crippen LogP contribution is 2.33. The molecule has 10 nitrogen and oxygen atoms in total. The third kappa shape index (κ3) is 5.05. The Balaban J connectivity index is 1.29. The quantitative estimate of drug-likeness (QED) is 0.575. The average molecular weight is 530 g/mol. The Hall–Kier alpha value is -3.12. The minimum absolute atomic E-state index is 0.188. The molecule has 1 fully saturated rings. The minimum Gasteiger partial charge on any atom is -0.758 e. The Labute approximate surface area is 214 Å². The average Bonchev–Trinajstić information content (AvgIpc) is 3.19. The van der Waals surface area contributed by atoms with E-state index in [-0.39, 0.29) is 18.0 Å². The van der Waals surface area contributed by atoms with E-state index in [0.29, 0.717) is 61.3 Å². The van der Waals surface area contributed by atoms with Crippen LogP contribution < -0.4 is 10.6 Å². The molecule has 0 spiro atoms. The Morgan fingerprint density at radius 3 is 2.67 bits per heavy atom. The number of amides is 1. The molecule has 0 bridgehead atoms. The lowest BCUT2D eigenvalue weighted by Gasteiger charge is -2.35. The third-order valence-corrected chi connectivity index (χ3v) is 8.71. The fraction of sp³-hybridized carbons (Fsp3) is 0.333. The van der Waals surface area contributed by atoms with Gasteiger partial charge in [-0.05, 0) is 61.3 Å². The van der Waals surface area contributed by atoms with Crippen LogP contribution in [-0.2, 0) is 14.8 Å². The number of aliphatic imine (C=N–C) groups is 1. The van der Waals surface area contributed by atoms with Crippen LogP contribution in [0.2, 0.25) is 0 Å². The van der Waals surface area contributed by atoms with Gasteiger partial charge in [0.15, 0.2) is 0 Å². The van der Waals surface area contributed by atoms with E-state index in [1.807, 2.05) is 12.2 Å². The highest BCUT2D eigenvalue weighted by molar-refractivity contribution is 7.89. The van der Waals surface area contributed by atoms with Crippen LogP contribution in [0.5, 0.6) is 0 Å². The van der Waals surface area contributed by atoms with Crippen molar-refractivity contribution in [3.8, 4) is 0 Å². The second kappa shape index (κ2) is 10.1. The maximum Gasteiger partial charge on any atom is 0.243 e. The normalized spacial score (nSPS) is 21.1. The van der Waals surface area contributed by atoms with Crippen LogP contribution in [0.1, 0.15) is 19.3 Å². The van der Waals surface area contributed by atoms with Gasteiger partial charge in [0, 0.05) is 66.6 Å². The summed E-state index contributed by atoms with van der Waals surface area (Å²) in [6.45, 7) is 1.76. The van der Waals surface area contributed by atoms with Gasteiger partial charge in [-0.3, -0.25) is 4.79 Å². The van der Waals surface area contributed by atoms with Gasteiger partial charge in [0.2, 0.25) is 22.4 Å². The zero-order valence-corrected chi connectivity index (χ0v) is 21.1. The van der Waals surface area contributed by atoms with Gasteiger partial charge in [-0.15, -0.1) is 0 Å². The number of carbonyl (C=O) groups excluding carboxylic acids is 1. The molecular formula is C24H26ClN6O4S-. The molecule has 12 heteroatoms. The number of halogens is 1. The Morgan fingerprint density at radius 2 is 1.89 bits per heavy atom. The summed E-state index contributed by atoms with van der Waals surface area (Å²) in [7, 11) is -3.66. The van der Waals surface area contributed by atoms with E-state index in [4.69, 9.17) is 11.6 Å². The molecule has 1 amide bonds. The van der Waals surface area contributed by atoms with E-state index in [1.165, 1.54) is 4.31 Å². The van der Waals surface area contributed by atoms with E-state index in [0.717, 1.165) is 28.3 Å². The smallest absolute Gasteiger partial charge is 0.243 e. The molecule has 0 saturated carbocycles. The van der Waals surface area contributed by atoms with Crippen LogP contribution in [-0.4, -0.2) is 67.8 Å². The number of allylic oxidation sites excluding steroid dienone is 5. The number of fused-ring (bicyclic) bond motifs is 1. The minimum atomic E-state index is -3.66. The number of rotatable bonds is 4. The van der Waals surface area contributed by atoms with Gasteiger partial charge in [0.25, 0.3) is 0 Å². The molecule has 2 N–H and O–H groups in total. The van der Waals surface area contributed by atoms with Gasteiger partial charge < -0.3 is 25.8 Å². The first-order valence-corrected chi connectivity index (χ1v) is 13.5. The first-order valence-electron chi connectivity index (χ1n) is 11.7. The van der Waals surface area contributed by atoms with Gasteiger partial charge in [-0.25, -0.2) is 13.4 Å². The molecular weight excluding hydrogens is 504 g/mol. The van der Waals surface area contributed by atoms with E-state index in [1.54, 1.807) is 35.4 Å². The van der Waals surface area contributed by atoms with Crippen molar-refractivity contribution < 1.29 is 13.2 Å². The summed E-state index contributed by atoms with van der Waals surface area (Å²) in [6, 6.07) is 6.46. The highest BCUT2D eigenvalue weighted by atomic mass is 35.5. The lowest BCUT2D eigenvalue weighted by molar-refractivity contribution is -0.118. The van der Waals surface area contributed by atoms with Crippen molar-refractivity contribution in [1.29, 1.82) is 0 Å². The Bertz CT molecular complexity index is 1320. The summed E-state index contributed by atoms with van der Waals surface area (Å²) < 4.78 is 27.6. The summed E-state index contributed by atoms with van der Waals surface area (Å²) in [5.41, 5.74) is 3.67. The molecule has 0 atom stereocenters. The lowest BCUT2D eigenvalue weighted by atomic mass is 10.0. The molecule has 0 aromatic heterocycles. The maximum absolute atomic E-state index is 13.1. The number of benzene rings is 1. The fourth-order valence-corrected chi connectivity index (χ4v) is 6.21. The number of nitrogens with zero attached hydrogens (tertiary/aromatic N) is 4. The first-order chi connectivity index (χ1) is 17.3. The molecule has 36 heavy (non-hydrogen) atoms. The lowest BCUT2D eigenvalue weighted by Crippen LogP contribution is -2.35. The van der Waals surface area contributed by atoms with Crippen LogP contribution in [0.15, 0.2) is 80.1 Å². The topological polar surface area (TPSA) is 120 Å². The second-order valence-electron chi connectivity index (χ2n) is 8.89. The van der Waals surface area contributed by atoms with Crippen LogP contribution in [0.4, 0.5) is 5.69 Å². The Morgan fingerprint density at radius 1 is 1.08 bits per heavy atom. The first kappa shape index (κ1) is 24.6. The van der Waals surface area contributed by atoms with E-state index < -0.39 is 10.0 Å². The molecule has 3 aliphatic heterocycles. The van der Waals surface area contributed by atoms with Crippen molar-refractivity contribution in [3.63, 3.8) is 0 Å². The molecule has 1 aromatic rings. The summed E-state index contributed by atoms with van der Waals surface area (Å²) in [5.74, 6) is 0.453. The zero-order chi connectivity index (χ0) is 25.3. The van der Waals surface area contributed by atoms with E-state index >= 15 is 0 Å². The van der Waals surface area contributed by atoms with Gasteiger partial charge in [-0.1, -0.05) is 11.6 Å². The summed E-state index contributed by atoms with van der Waals surface area (Å²) >= 11 is 6.21. The summed E-state index contributed by atoms with van der Waals surface area (Å²) in [4.78, 5) is 17.2. The number of anilines is 1. The SMILES string of the molecule is O=CN1CCCN(S(=O)(=O)c2ccc(NC3=NC=C4CN([O-])C5=C(C=C(Cl)CC5)C=C4N3)cc2)CC1. The van der Waals surface area contributed by atoms with Crippen molar-refractivity contribution >= 4 is 39.7 Å². The monoisotopic (exact) mass is 529 g/mol. The third-order valence-electron chi connectivity index (χ3n) is 6.50. The van der Waals surface area contributed by atoms with Gasteiger partial charge >= 0.3 is 0 Å². The number of hydrogen-bond acceptors (Lipinski definition) is 8. The zero-order valence-electron chi connectivity index (χ0n) is 19.5. The van der Waals surface area contributed by atoms with E-state index in [2.05, 4.69) is 15.6 Å². The van der Waals surface area contributed by atoms with Crippen molar-refractivity contribution in [3.05, 3.63) is 75.4 Å². The fourth-order valence-electron chi connectivity index (χ4n) is 4.53. The molecule has 190 valence electrons. The number of guanidine groups is 1. The predicted molar refractivity (Wildman–Crippen MR) is 138 cm³/mol. The standard InChI is InChI=1S/C24H26ClN6O4S/c25-19-2-7-23-17(12-19)13-22-18(15-31(23)33)14-26-24(28-22)27-20-3-5-21(6-4-20)36(34,35)30-9-1-8-29(16-32)10-11-30/h3-6,12-14,16H,1-2,7-11,15H2,(H2,26,27,28)/q-1. The van der Waals surface area contributed by atoms with Crippen molar-refractivity contribution in [2.75, 3.05) is 38.0 Å². The summed E-state index contributed by atoms with van der Waals surface area (Å²) in [6.07, 6.45) is 7.98. The van der Waals surface area contributed by atoms with Crippen LogP contribution in [0.3, 0.4) is 0 Å². The van der Waals surface area contributed by atoms with Crippen LogP contribution >= 0.6 is 11.6 Å². The Kier molecular flexibility index (Phi) is 6.89. The second-order valence-corrected chi connectivity index (χ2v) is 11.3. The maximum atomic E-state index is 13.1. The number of sulfonamides is 1. The number of carbonyl (C=O) groups is 1. The van der Waals surface area contributed by atoms with Crippen molar-refractivity contribution in [1.82, 2.24) is 19.6 Å².